The molecule has 0 saturated heterocycles. The monoisotopic (exact) mass is 287 g/mol. The molecule has 0 radical (unpaired) electrons. The van der Waals surface area contributed by atoms with Gasteiger partial charge in [0.2, 0.25) is 0 Å². The number of aliphatic hydroxyl groups excluding tert-OH is 1. The van der Waals surface area contributed by atoms with E-state index >= 15 is 0 Å². The third-order valence-corrected chi connectivity index (χ3v) is 3.70. The first-order chi connectivity index (χ1) is 10.2. The molecule has 1 atom stereocenters. The number of hydrogen-bond donors (Lipinski definition) is 2. The van der Waals surface area contributed by atoms with Crippen molar-refractivity contribution in [2.45, 2.75) is 32.4 Å². The molecule has 0 aliphatic carbocycles. The Morgan fingerprint density at radius 1 is 1.14 bits per heavy atom. The molecule has 0 bridgehead atoms. The Morgan fingerprint density at radius 2 is 1.90 bits per heavy atom. The summed E-state index contributed by atoms with van der Waals surface area (Å²) in [7, 11) is 0. The van der Waals surface area contributed by atoms with Gasteiger partial charge >= 0.3 is 0 Å². The van der Waals surface area contributed by atoms with E-state index in [0.29, 0.717) is 6.54 Å². The molecule has 2 rings (SSSR count). The summed E-state index contributed by atoms with van der Waals surface area (Å²) in [4.78, 5) is 0. The zero-order valence-electron chi connectivity index (χ0n) is 12.3. The lowest BCUT2D eigenvalue weighted by molar-refractivity contribution is 0.275. The number of aryl methyl sites for hydroxylation is 1. The van der Waals surface area contributed by atoms with Gasteiger partial charge in [-0.25, -0.2) is 4.39 Å². The SMILES string of the molecule is Cc1cc(F)ccc1CNC(CCCO)c1ccccc1. The van der Waals surface area contributed by atoms with Gasteiger partial charge in [-0.15, -0.1) is 0 Å². The maximum Gasteiger partial charge on any atom is 0.123 e. The van der Waals surface area contributed by atoms with E-state index in [0.717, 1.165) is 24.0 Å². The van der Waals surface area contributed by atoms with Gasteiger partial charge in [-0.1, -0.05) is 36.4 Å². The molecule has 21 heavy (non-hydrogen) atoms. The van der Waals surface area contributed by atoms with Crippen LogP contribution in [-0.4, -0.2) is 11.7 Å². The van der Waals surface area contributed by atoms with Crippen molar-refractivity contribution in [3.63, 3.8) is 0 Å². The Morgan fingerprint density at radius 3 is 2.57 bits per heavy atom. The Balaban J connectivity index is 2.05. The lowest BCUT2D eigenvalue weighted by atomic mass is 10.0. The van der Waals surface area contributed by atoms with Crippen molar-refractivity contribution in [2.75, 3.05) is 6.61 Å². The molecule has 3 heteroatoms. The summed E-state index contributed by atoms with van der Waals surface area (Å²) in [5.41, 5.74) is 3.27. The van der Waals surface area contributed by atoms with Crippen molar-refractivity contribution >= 4 is 0 Å². The van der Waals surface area contributed by atoms with Gasteiger partial charge in [-0.2, -0.15) is 0 Å². The normalized spacial score (nSPS) is 12.3. The molecule has 0 heterocycles. The van der Waals surface area contributed by atoms with E-state index in [-0.39, 0.29) is 18.5 Å². The molecule has 0 aromatic heterocycles. The van der Waals surface area contributed by atoms with Crippen LogP contribution < -0.4 is 5.32 Å². The molecule has 2 aromatic carbocycles. The van der Waals surface area contributed by atoms with Crippen molar-refractivity contribution in [3.8, 4) is 0 Å². The summed E-state index contributed by atoms with van der Waals surface area (Å²) >= 11 is 0. The number of benzene rings is 2. The molecule has 2 N–H and O–H groups in total. The molecular formula is C18H22FNO. The van der Waals surface area contributed by atoms with Gasteiger partial charge in [0.25, 0.3) is 0 Å². The van der Waals surface area contributed by atoms with Crippen LogP contribution in [0.15, 0.2) is 48.5 Å². The van der Waals surface area contributed by atoms with E-state index in [1.807, 2.05) is 31.2 Å². The predicted molar refractivity (Wildman–Crippen MR) is 83.5 cm³/mol. The molecule has 0 amide bonds. The Bertz CT molecular complexity index is 556. The van der Waals surface area contributed by atoms with E-state index in [1.54, 1.807) is 6.07 Å². The second kappa shape index (κ2) is 7.91. The van der Waals surface area contributed by atoms with Crippen molar-refractivity contribution in [2.24, 2.45) is 0 Å². The molecule has 112 valence electrons. The summed E-state index contributed by atoms with van der Waals surface area (Å²) in [5.74, 6) is -0.198. The third kappa shape index (κ3) is 4.66. The van der Waals surface area contributed by atoms with Crippen LogP contribution in [-0.2, 0) is 6.54 Å². The summed E-state index contributed by atoms with van der Waals surface area (Å²) in [5, 5.41) is 12.6. The van der Waals surface area contributed by atoms with Gasteiger partial charge in [0.15, 0.2) is 0 Å². The average molecular weight is 287 g/mol. The van der Waals surface area contributed by atoms with Crippen molar-refractivity contribution in [3.05, 3.63) is 71.0 Å². The van der Waals surface area contributed by atoms with E-state index in [2.05, 4.69) is 17.4 Å². The van der Waals surface area contributed by atoms with Gasteiger partial charge in [0.05, 0.1) is 0 Å². The minimum absolute atomic E-state index is 0.195. The Kier molecular flexibility index (Phi) is 5.90. The molecule has 1 unspecified atom stereocenters. The highest BCUT2D eigenvalue weighted by atomic mass is 19.1. The van der Waals surface area contributed by atoms with Crippen LogP contribution in [0.25, 0.3) is 0 Å². The highest BCUT2D eigenvalue weighted by Gasteiger charge is 2.11. The minimum Gasteiger partial charge on any atom is -0.396 e. The molecule has 0 spiro atoms. The average Bonchev–Trinajstić information content (AvgIpc) is 2.50. The first-order valence-electron chi connectivity index (χ1n) is 7.35. The quantitative estimate of drug-likeness (QED) is 0.813. The van der Waals surface area contributed by atoms with Gasteiger partial charge < -0.3 is 10.4 Å². The van der Waals surface area contributed by atoms with E-state index < -0.39 is 0 Å². The molecule has 2 aromatic rings. The summed E-state index contributed by atoms with van der Waals surface area (Å²) in [6.07, 6.45) is 1.63. The fourth-order valence-electron chi connectivity index (χ4n) is 2.46. The van der Waals surface area contributed by atoms with Gasteiger partial charge in [0, 0.05) is 19.2 Å². The number of halogens is 1. The second-order valence-electron chi connectivity index (χ2n) is 5.28. The van der Waals surface area contributed by atoms with Gasteiger partial charge in [-0.3, -0.25) is 0 Å². The molecule has 0 saturated carbocycles. The molecular weight excluding hydrogens is 265 g/mol. The number of hydrogen-bond acceptors (Lipinski definition) is 2. The molecule has 0 aliphatic heterocycles. The smallest absolute Gasteiger partial charge is 0.123 e. The Labute approximate surface area is 125 Å². The lowest BCUT2D eigenvalue weighted by Crippen LogP contribution is -2.21. The summed E-state index contributed by atoms with van der Waals surface area (Å²) in [6.45, 7) is 2.81. The van der Waals surface area contributed by atoms with E-state index in [1.165, 1.54) is 11.6 Å². The van der Waals surface area contributed by atoms with Crippen LogP contribution in [0.4, 0.5) is 4.39 Å². The Hall–Kier alpha value is -1.71. The van der Waals surface area contributed by atoms with Crippen molar-refractivity contribution in [1.29, 1.82) is 0 Å². The summed E-state index contributed by atoms with van der Waals surface area (Å²) in [6, 6.07) is 15.3. The van der Waals surface area contributed by atoms with Crippen LogP contribution in [0.2, 0.25) is 0 Å². The molecule has 0 aliphatic rings. The molecule has 0 fully saturated rings. The van der Waals surface area contributed by atoms with Crippen LogP contribution in [0.1, 0.15) is 35.6 Å². The third-order valence-electron chi connectivity index (χ3n) is 3.70. The fourth-order valence-corrected chi connectivity index (χ4v) is 2.46. The van der Waals surface area contributed by atoms with Crippen LogP contribution in [0.3, 0.4) is 0 Å². The maximum atomic E-state index is 13.1. The van der Waals surface area contributed by atoms with Gasteiger partial charge in [0.1, 0.15) is 5.82 Å². The fraction of sp³-hybridized carbons (Fsp3) is 0.333. The van der Waals surface area contributed by atoms with Crippen molar-refractivity contribution in [1.82, 2.24) is 5.32 Å². The number of rotatable bonds is 7. The van der Waals surface area contributed by atoms with Gasteiger partial charge in [-0.05, 0) is 48.6 Å². The number of nitrogens with one attached hydrogen (secondary N) is 1. The maximum absolute atomic E-state index is 13.1. The van der Waals surface area contributed by atoms with Crippen LogP contribution in [0, 0.1) is 12.7 Å². The van der Waals surface area contributed by atoms with E-state index in [4.69, 9.17) is 5.11 Å². The minimum atomic E-state index is -0.198. The standard InChI is InChI=1S/C18H22FNO/c1-14-12-17(19)10-9-16(14)13-20-18(8-5-11-21)15-6-3-2-4-7-15/h2-4,6-7,9-10,12,18,20-21H,5,8,11,13H2,1H3. The highest BCUT2D eigenvalue weighted by Crippen LogP contribution is 2.19. The highest BCUT2D eigenvalue weighted by molar-refractivity contribution is 5.27. The zero-order valence-corrected chi connectivity index (χ0v) is 12.3. The number of aliphatic hydroxyl groups is 1. The lowest BCUT2D eigenvalue weighted by Gasteiger charge is -2.19. The first-order valence-corrected chi connectivity index (χ1v) is 7.35. The van der Waals surface area contributed by atoms with E-state index in [9.17, 15) is 4.39 Å². The first kappa shape index (κ1) is 15.7. The topological polar surface area (TPSA) is 32.3 Å². The molecule has 2 nitrogen and oxygen atoms in total. The van der Waals surface area contributed by atoms with Crippen LogP contribution >= 0.6 is 0 Å². The van der Waals surface area contributed by atoms with Crippen LogP contribution in [0.5, 0.6) is 0 Å². The second-order valence-corrected chi connectivity index (χ2v) is 5.28. The largest absolute Gasteiger partial charge is 0.396 e. The summed E-state index contributed by atoms with van der Waals surface area (Å²) < 4.78 is 13.1. The van der Waals surface area contributed by atoms with Crippen molar-refractivity contribution < 1.29 is 9.50 Å². The zero-order chi connectivity index (χ0) is 15.1. The predicted octanol–water partition coefficient (Wildman–Crippen LogP) is 3.74.